The lowest BCUT2D eigenvalue weighted by Crippen LogP contribution is -2.43. The highest BCUT2D eigenvalue weighted by molar-refractivity contribution is 5.92. The van der Waals surface area contributed by atoms with Crippen LogP contribution in [-0.4, -0.2) is 46.7 Å². The number of piperidine rings is 1. The Balaban J connectivity index is 1.55. The van der Waals surface area contributed by atoms with Gasteiger partial charge in [-0.25, -0.2) is 0 Å². The van der Waals surface area contributed by atoms with Gasteiger partial charge in [0.1, 0.15) is 0 Å². The molecule has 2 aromatic rings. The number of nitro benzene ring substituents is 1. The molecule has 1 saturated heterocycles. The van der Waals surface area contributed by atoms with Crippen molar-refractivity contribution in [1.29, 1.82) is 0 Å². The molecule has 0 aromatic heterocycles. The Morgan fingerprint density at radius 1 is 1.13 bits per heavy atom. The molecular weight excluding hydrogens is 394 g/mol. The van der Waals surface area contributed by atoms with E-state index >= 15 is 0 Å². The molecule has 2 aromatic carbocycles. The number of benzene rings is 2. The number of rotatable bonds is 6. The number of carbonyl (C=O) groups excluding carboxylic acids is 2. The van der Waals surface area contributed by atoms with E-state index in [4.69, 9.17) is 0 Å². The average Bonchev–Trinajstić information content (AvgIpc) is 2.82. The molecule has 1 fully saturated rings. The van der Waals surface area contributed by atoms with Crippen molar-refractivity contribution in [3.63, 3.8) is 0 Å². The van der Waals surface area contributed by atoms with E-state index in [9.17, 15) is 19.7 Å². The van der Waals surface area contributed by atoms with Crippen molar-refractivity contribution < 1.29 is 14.5 Å². The van der Waals surface area contributed by atoms with Crippen molar-refractivity contribution in [3.8, 4) is 0 Å². The number of hydrogen-bond acceptors (Lipinski definition) is 4. The highest BCUT2D eigenvalue weighted by Crippen LogP contribution is 2.27. The van der Waals surface area contributed by atoms with Crippen LogP contribution in [0, 0.1) is 16.0 Å². The van der Waals surface area contributed by atoms with Crippen molar-refractivity contribution >= 4 is 23.6 Å². The first-order chi connectivity index (χ1) is 14.9. The number of hydrogen-bond donors (Lipinski definition) is 0. The zero-order valence-electron chi connectivity index (χ0n) is 17.8. The van der Waals surface area contributed by atoms with Crippen LogP contribution in [0.15, 0.2) is 60.7 Å². The molecule has 3 rings (SSSR count). The zero-order valence-corrected chi connectivity index (χ0v) is 17.8. The lowest BCUT2D eigenvalue weighted by Gasteiger charge is -2.34. The molecule has 162 valence electrons. The van der Waals surface area contributed by atoms with E-state index in [-0.39, 0.29) is 29.5 Å². The Kier molecular flexibility index (Phi) is 7.18. The van der Waals surface area contributed by atoms with Crippen LogP contribution in [0.2, 0.25) is 0 Å². The second kappa shape index (κ2) is 10.0. The molecule has 1 aliphatic heterocycles. The molecule has 0 radical (unpaired) electrons. The van der Waals surface area contributed by atoms with Gasteiger partial charge in [0, 0.05) is 44.3 Å². The zero-order chi connectivity index (χ0) is 22.4. The SMILES string of the molecule is C[C@H](c1cccc([N+](=O)[O-])c1)N(C)C(=O)C1CCN(C(=O)/C=C/c2ccccc2)CC1. The summed E-state index contributed by atoms with van der Waals surface area (Å²) in [5, 5.41) is 11.0. The Bertz CT molecular complexity index is 966. The van der Waals surface area contributed by atoms with Crippen LogP contribution in [0.4, 0.5) is 5.69 Å². The van der Waals surface area contributed by atoms with Crippen molar-refractivity contribution in [1.82, 2.24) is 9.80 Å². The molecule has 0 spiro atoms. The fraction of sp³-hybridized carbons (Fsp3) is 0.333. The monoisotopic (exact) mass is 421 g/mol. The number of non-ortho nitro benzene ring substituents is 1. The Morgan fingerprint density at radius 2 is 1.81 bits per heavy atom. The number of likely N-dealkylation sites (tertiary alicyclic amines) is 1. The van der Waals surface area contributed by atoms with Crippen LogP contribution in [0.1, 0.15) is 36.9 Å². The average molecular weight is 421 g/mol. The maximum atomic E-state index is 13.0. The van der Waals surface area contributed by atoms with E-state index in [1.54, 1.807) is 41.1 Å². The maximum absolute atomic E-state index is 13.0. The van der Waals surface area contributed by atoms with E-state index in [0.29, 0.717) is 25.9 Å². The van der Waals surface area contributed by atoms with Gasteiger partial charge in [-0.15, -0.1) is 0 Å². The van der Waals surface area contributed by atoms with E-state index < -0.39 is 4.92 Å². The predicted molar refractivity (Wildman–Crippen MR) is 119 cm³/mol. The summed E-state index contributed by atoms with van der Waals surface area (Å²) in [4.78, 5) is 39.5. The topological polar surface area (TPSA) is 83.8 Å². The Hall–Kier alpha value is -3.48. The van der Waals surface area contributed by atoms with Gasteiger partial charge in [-0.3, -0.25) is 19.7 Å². The number of nitrogens with zero attached hydrogens (tertiary/aromatic N) is 3. The highest BCUT2D eigenvalue weighted by atomic mass is 16.6. The summed E-state index contributed by atoms with van der Waals surface area (Å²) in [7, 11) is 1.73. The molecule has 0 N–H and O–H groups in total. The molecule has 2 amide bonds. The van der Waals surface area contributed by atoms with Gasteiger partial charge in [0.15, 0.2) is 0 Å². The molecule has 0 bridgehead atoms. The van der Waals surface area contributed by atoms with Crippen molar-refractivity contribution in [3.05, 3.63) is 81.9 Å². The van der Waals surface area contributed by atoms with Crippen molar-refractivity contribution in [2.45, 2.75) is 25.8 Å². The van der Waals surface area contributed by atoms with Crippen molar-refractivity contribution in [2.24, 2.45) is 5.92 Å². The van der Waals surface area contributed by atoms with E-state index in [2.05, 4.69) is 0 Å². The summed E-state index contributed by atoms with van der Waals surface area (Å²) in [5.74, 6) is -0.202. The van der Waals surface area contributed by atoms with Gasteiger partial charge in [0.2, 0.25) is 11.8 Å². The molecule has 0 unspecified atom stereocenters. The molecule has 7 heteroatoms. The summed E-state index contributed by atoms with van der Waals surface area (Å²) in [6.45, 7) is 2.94. The molecule has 1 heterocycles. The first kappa shape index (κ1) is 22.2. The van der Waals surface area contributed by atoms with Gasteiger partial charge >= 0.3 is 0 Å². The fourth-order valence-corrected chi connectivity index (χ4v) is 3.78. The number of carbonyl (C=O) groups is 2. The standard InChI is InChI=1S/C24H27N3O4/c1-18(21-9-6-10-22(17-21)27(30)31)25(2)24(29)20-13-15-26(16-14-20)23(28)12-11-19-7-4-3-5-8-19/h3-12,17-18,20H,13-16H2,1-2H3/b12-11+/t18-/m1/s1. The summed E-state index contributed by atoms with van der Waals surface area (Å²) in [6.07, 6.45) is 4.59. The summed E-state index contributed by atoms with van der Waals surface area (Å²) in [5.41, 5.74) is 1.71. The largest absolute Gasteiger partial charge is 0.339 e. The summed E-state index contributed by atoms with van der Waals surface area (Å²) < 4.78 is 0. The Labute approximate surface area is 182 Å². The van der Waals surface area contributed by atoms with Crippen LogP contribution in [0.3, 0.4) is 0 Å². The first-order valence-corrected chi connectivity index (χ1v) is 10.4. The molecule has 1 atom stereocenters. The Morgan fingerprint density at radius 3 is 2.45 bits per heavy atom. The second-order valence-corrected chi connectivity index (χ2v) is 7.82. The van der Waals surface area contributed by atoms with Crippen LogP contribution in [-0.2, 0) is 9.59 Å². The quantitative estimate of drug-likeness (QED) is 0.400. The molecule has 1 aliphatic rings. The van der Waals surface area contributed by atoms with Crippen LogP contribution >= 0.6 is 0 Å². The first-order valence-electron chi connectivity index (χ1n) is 10.4. The van der Waals surface area contributed by atoms with Crippen LogP contribution in [0.5, 0.6) is 0 Å². The molecule has 0 saturated carbocycles. The van der Waals surface area contributed by atoms with E-state index in [1.807, 2.05) is 37.3 Å². The molecule has 31 heavy (non-hydrogen) atoms. The summed E-state index contributed by atoms with van der Waals surface area (Å²) in [6, 6.07) is 15.8. The van der Waals surface area contributed by atoms with Crippen LogP contribution < -0.4 is 0 Å². The fourth-order valence-electron chi connectivity index (χ4n) is 3.78. The van der Waals surface area contributed by atoms with Crippen molar-refractivity contribution in [2.75, 3.05) is 20.1 Å². The third kappa shape index (κ3) is 5.57. The highest BCUT2D eigenvalue weighted by Gasteiger charge is 2.30. The normalized spacial score (nSPS) is 15.6. The molecule has 0 aliphatic carbocycles. The van der Waals surface area contributed by atoms with E-state index in [0.717, 1.165) is 11.1 Å². The predicted octanol–water partition coefficient (Wildman–Crippen LogP) is 4.07. The van der Waals surface area contributed by atoms with Gasteiger partial charge in [0.25, 0.3) is 5.69 Å². The number of amides is 2. The van der Waals surface area contributed by atoms with Gasteiger partial charge in [-0.05, 0) is 37.0 Å². The lowest BCUT2D eigenvalue weighted by atomic mass is 9.94. The third-order valence-electron chi connectivity index (χ3n) is 5.87. The summed E-state index contributed by atoms with van der Waals surface area (Å²) >= 11 is 0. The van der Waals surface area contributed by atoms with Crippen LogP contribution in [0.25, 0.3) is 6.08 Å². The van der Waals surface area contributed by atoms with Gasteiger partial charge in [0.05, 0.1) is 11.0 Å². The van der Waals surface area contributed by atoms with Gasteiger partial charge in [-0.2, -0.15) is 0 Å². The minimum Gasteiger partial charge on any atom is -0.339 e. The minimum atomic E-state index is -0.434. The van der Waals surface area contributed by atoms with Gasteiger partial charge < -0.3 is 9.80 Å². The molecular formula is C24H27N3O4. The van der Waals surface area contributed by atoms with E-state index in [1.165, 1.54) is 12.1 Å². The smallest absolute Gasteiger partial charge is 0.269 e. The number of nitro groups is 1. The second-order valence-electron chi connectivity index (χ2n) is 7.82. The lowest BCUT2D eigenvalue weighted by molar-refractivity contribution is -0.384. The third-order valence-corrected chi connectivity index (χ3v) is 5.87. The maximum Gasteiger partial charge on any atom is 0.269 e. The van der Waals surface area contributed by atoms with Gasteiger partial charge in [-0.1, -0.05) is 42.5 Å². The molecule has 7 nitrogen and oxygen atoms in total. The minimum absolute atomic E-state index is 0.00549.